The van der Waals surface area contributed by atoms with E-state index >= 15 is 0 Å². The van der Waals surface area contributed by atoms with Crippen LogP contribution in [0.4, 0.5) is 0 Å². The van der Waals surface area contributed by atoms with E-state index in [1.165, 1.54) is 16.6 Å². The molecule has 0 aliphatic heterocycles. The van der Waals surface area contributed by atoms with Gasteiger partial charge in [-0.1, -0.05) is 27.7 Å². The number of imidazole rings is 1. The maximum Gasteiger partial charge on any atom is 0.0992 e. The Balaban J connectivity index is 2.75. The summed E-state index contributed by atoms with van der Waals surface area (Å²) >= 11 is 0. The van der Waals surface area contributed by atoms with Crippen LogP contribution in [0, 0.1) is 0 Å². The third-order valence-corrected chi connectivity index (χ3v) is 2.87. The second-order valence-corrected chi connectivity index (χ2v) is 4.68. The molecule has 2 heteroatoms. The van der Waals surface area contributed by atoms with Crippen LogP contribution in [-0.2, 0) is 0 Å². The fraction of sp³-hybridized carbons (Fsp3) is 0.462. The van der Waals surface area contributed by atoms with Crippen molar-refractivity contribution in [2.24, 2.45) is 0 Å². The molecule has 0 saturated heterocycles. The molecule has 0 radical (unpaired) electrons. The summed E-state index contributed by atoms with van der Waals surface area (Å²) in [5, 5.41) is 0. The van der Waals surface area contributed by atoms with Crippen LogP contribution in [0.2, 0.25) is 0 Å². The second-order valence-electron chi connectivity index (χ2n) is 4.68. The minimum atomic E-state index is 0.544. The molecule has 0 saturated carbocycles. The van der Waals surface area contributed by atoms with E-state index in [9.17, 15) is 0 Å². The summed E-state index contributed by atoms with van der Waals surface area (Å²) in [7, 11) is 0. The first-order valence-electron chi connectivity index (χ1n) is 5.55. The third-order valence-electron chi connectivity index (χ3n) is 2.87. The standard InChI is InChI=1S/C13H18N2/c1-9(2)11-5-6-15-8-14-7-12(15)13(11)10(3)4/h5-10H,1-4H3. The highest BCUT2D eigenvalue weighted by Gasteiger charge is 2.13. The zero-order chi connectivity index (χ0) is 11.0. The maximum absolute atomic E-state index is 4.21. The van der Waals surface area contributed by atoms with E-state index in [4.69, 9.17) is 0 Å². The van der Waals surface area contributed by atoms with Gasteiger partial charge in [-0.2, -0.15) is 0 Å². The Morgan fingerprint density at radius 3 is 2.47 bits per heavy atom. The van der Waals surface area contributed by atoms with E-state index in [1.807, 2.05) is 12.5 Å². The van der Waals surface area contributed by atoms with Gasteiger partial charge in [0.05, 0.1) is 18.0 Å². The number of pyridine rings is 1. The summed E-state index contributed by atoms with van der Waals surface area (Å²) in [4.78, 5) is 4.21. The molecule has 2 aromatic rings. The molecule has 80 valence electrons. The number of aromatic nitrogens is 2. The highest BCUT2D eigenvalue weighted by molar-refractivity contribution is 5.58. The Morgan fingerprint density at radius 2 is 1.87 bits per heavy atom. The van der Waals surface area contributed by atoms with E-state index in [2.05, 4.69) is 49.3 Å². The summed E-state index contributed by atoms with van der Waals surface area (Å²) < 4.78 is 2.10. The first-order valence-corrected chi connectivity index (χ1v) is 5.55. The van der Waals surface area contributed by atoms with Crippen LogP contribution < -0.4 is 0 Å². The molecule has 0 bridgehead atoms. The van der Waals surface area contributed by atoms with Gasteiger partial charge in [0.25, 0.3) is 0 Å². The number of nitrogens with zero attached hydrogens (tertiary/aromatic N) is 2. The monoisotopic (exact) mass is 202 g/mol. The molecule has 0 unspecified atom stereocenters. The summed E-state index contributed by atoms with van der Waals surface area (Å²) in [6.45, 7) is 8.98. The van der Waals surface area contributed by atoms with E-state index in [-0.39, 0.29) is 0 Å². The molecule has 0 aliphatic carbocycles. The largest absolute Gasteiger partial charge is 0.306 e. The predicted octanol–water partition coefficient (Wildman–Crippen LogP) is 3.58. The Hall–Kier alpha value is -1.31. The Labute approximate surface area is 91.0 Å². The molecule has 2 nitrogen and oxygen atoms in total. The summed E-state index contributed by atoms with van der Waals surface area (Å²) in [6, 6.07) is 2.22. The Kier molecular flexibility index (Phi) is 2.51. The van der Waals surface area contributed by atoms with Gasteiger partial charge in [0.15, 0.2) is 0 Å². The zero-order valence-corrected chi connectivity index (χ0v) is 9.86. The smallest absolute Gasteiger partial charge is 0.0992 e. The highest BCUT2D eigenvalue weighted by Crippen LogP contribution is 2.29. The van der Waals surface area contributed by atoms with E-state index in [0.29, 0.717) is 11.8 Å². The van der Waals surface area contributed by atoms with Crippen LogP contribution in [-0.4, -0.2) is 9.38 Å². The number of hydrogen-bond acceptors (Lipinski definition) is 1. The summed E-state index contributed by atoms with van der Waals surface area (Å²) in [5.41, 5.74) is 4.12. The number of hydrogen-bond donors (Lipinski definition) is 0. The first-order chi connectivity index (χ1) is 7.11. The molecule has 0 spiro atoms. The van der Waals surface area contributed by atoms with Crippen molar-refractivity contribution in [3.8, 4) is 0 Å². The lowest BCUT2D eigenvalue weighted by molar-refractivity contribution is 0.789. The van der Waals surface area contributed by atoms with Crippen molar-refractivity contribution in [1.82, 2.24) is 9.38 Å². The van der Waals surface area contributed by atoms with Crippen molar-refractivity contribution >= 4 is 5.52 Å². The minimum absolute atomic E-state index is 0.544. The fourth-order valence-electron chi connectivity index (χ4n) is 2.16. The lowest BCUT2D eigenvalue weighted by Gasteiger charge is -2.17. The second kappa shape index (κ2) is 3.69. The van der Waals surface area contributed by atoms with Crippen LogP contribution in [0.5, 0.6) is 0 Å². The van der Waals surface area contributed by atoms with Gasteiger partial charge in [0.1, 0.15) is 0 Å². The van der Waals surface area contributed by atoms with E-state index in [0.717, 1.165) is 0 Å². The molecule has 2 heterocycles. The van der Waals surface area contributed by atoms with Crippen LogP contribution >= 0.6 is 0 Å². The van der Waals surface area contributed by atoms with E-state index < -0.39 is 0 Å². The highest BCUT2D eigenvalue weighted by atomic mass is 15.0. The summed E-state index contributed by atoms with van der Waals surface area (Å²) in [6.07, 6.45) is 5.93. The molecule has 2 rings (SSSR count). The van der Waals surface area contributed by atoms with Gasteiger partial charge < -0.3 is 4.40 Å². The molecule has 15 heavy (non-hydrogen) atoms. The van der Waals surface area contributed by atoms with Crippen molar-refractivity contribution < 1.29 is 0 Å². The topological polar surface area (TPSA) is 17.3 Å². The molecule has 0 aromatic carbocycles. The van der Waals surface area contributed by atoms with Gasteiger partial charge in [-0.3, -0.25) is 0 Å². The zero-order valence-electron chi connectivity index (χ0n) is 9.86. The SMILES string of the molecule is CC(C)c1ccn2cncc2c1C(C)C. The van der Waals surface area contributed by atoms with Crippen LogP contribution in [0.25, 0.3) is 5.52 Å². The van der Waals surface area contributed by atoms with Crippen molar-refractivity contribution in [1.29, 1.82) is 0 Å². The number of fused-ring (bicyclic) bond motifs is 1. The maximum atomic E-state index is 4.21. The average molecular weight is 202 g/mol. The van der Waals surface area contributed by atoms with Crippen molar-refractivity contribution in [2.45, 2.75) is 39.5 Å². The first kappa shape index (κ1) is 10.2. The van der Waals surface area contributed by atoms with Crippen LogP contribution in [0.15, 0.2) is 24.8 Å². The molecule has 2 aromatic heterocycles. The van der Waals surface area contributed by atoms with Gasteiger partial charge in [-0.15, -0.1) is 0 Å². The molecule has 0 fully saturated rings. The Bertz CT molecular complexity index is 466. The Morgan fingerprint density at radius 1 is 1.13 bits per heavy atom. The molecule has 0 aliphatic rings. The van der Waals surface area contributed by atoms with Crippen LogP contribution in [0.3, 0.4) is 0 Å². The van der Waals surface area contributed by atoms with Gasteiger partial charge in [0.2, 0.25) is 0 Å². The van der Waals surface area contributed by atoms with Gasteiger partial charge in [-0.25, -0.2) is 4.98 Å². The van der Waals surface area contributed by atoms with Crippen molar-refractivity contribution in [3.05, 3.63) is 35.9 Å². The van der Waals surface area contributed by atoms with Crippen LogP contribution in [0.1, 0.15) is 50.7 Å². The lowest BCUT2D eigenvalue weighted by atomic mass is 9.91. The number of rotatable bonds is 2. The molecular formula is C13H18N2. The average Bonchev–Trinajstić information content (AvgIpc) is 2.62. The van der Waals surface area contributed by atoms with Gasteiger partial charge in [-0.05, 0) is 29.0 Å². The lowest BCUT2D eigenvalue weighted by Crippen LogP contribution is -2.01. The predicted molar refractivity (Wildman–Crippen MR) is 63.4 cm³/mol. The molecule has 0 amide bonds. The molecular weight excluding hydrogens is 184 g/mol. The normalized spacial score (nSPS) is 11.9. The third kappa shape index (κ3) is 1.65. The van der Waals surface area contributed by atoms with E-state index in [1.54, 1.807) is 0 Å². The quantitative estimate of drug-likeness (QED) is 0.727. The molecule has 0 atom stereocenters. The fourth-order valence-corrected chi connectivity index (χ4v) is 2.16. The minimum Gasteiger partial charge on any atom is -0.306 e. The summed E-state index contributed by atoms with van der Waals surface area (Å²) in [5.74, 6) is 1.12. The molecule has 0 N–H and O–H groups in total. The van der Waals surface area contributed by atoms with Gasteiger partial charge >= 0.3 is 0 Å². The van der Waals surface area contributed by atoms with Crippen molar-refractivity contribution in [3.63, 3.8) is 0 Å². The van der Waals surface area contributed by atoms with Gasteiger partial charge in [0, 0.05) is 6.20 Å². The van der Waals surface area contributed by atoms with Crippen molar-refractivity contribution in [2.75, 3.05) is 0 Å².